The minimum Gasteiger partial charge on any atom is -0.379 e. The highest BCUT2D eigenvalue weighted by Crippen LogP contribution is 2.12. The predicted molar refractivity (Wildman–Crippen MR) is 76.2 cm³/mol. The van der Waals surface area contributed by atoms with Gasteiger partial charge in [0.2, 0.25) is 5.91 Å². The van der Waals surface area contributed by atoms with Crippen LogP contribution in [-0.4, -0.2) is 61.6 Å². The Morgan fingerprint density at radius 2 is 1.63 bits per heavy atom. The number of carbonyl (C=O) groups excluding carboxylic acids is 1. The SMILES string of the molecule is O=C1CCCCCCCN1CCCN1CCOCC1. The predicted octanol–water partition coefficient (Wildman–Crippen LogP) is 1.89. The Kier molecular flexibility index (Phi) is 6.65. The third-order valence-electron chi connectivity index (χ3n) is 4.18. The topological polar surface area (TPSA) is 32.8 Å². The van der Waals surface area contributed by atoms with Gasteiger partial charge in [-0.05, 0) is 19.3 Å². The summed E-state index contributed by atoms with van der Waals surface area (Å²) in [6.45, 7) is 6.85. The zero-order valence-electron chi connectivity index (χ0n) is 12.1. The Labute approximate surface area is 117 Å². The van der Waals surface area contributed by atoms with Gasteiger partial charge in [-0.2, -0.15) is 0 Å². The summed E-state index contributed by atoms with van der Waals surface area (Å²) >= 11 is 0. The van der Waals surface area contributed by atoms with E-state index in [1.54, 1.807) is 0 Å². The van der Waals surface area contributed by atoms with E-state index < -0.39 is 0 Å². The van der Waals surface area contributed by atoms with Gasteiger partial charge in [-0.1, -0.05) is 19.3 Å². The Bertz CT molecular complexity index is 265. The molecule has 0 radical (unpaired) electrons. The van der Waals surface area contributed by atoms with Crippen molar-refractivity contribution < 1.29 is 9.53 Å². The number of carbonyl (C=O) groups is 1. The molecule has 2 heterocycles. The van der Waals surface area contributed by atoms with Crippen molar-refractivity contribution in [1.29, 1.82) is 0 Å². The monoisotopic (exact) mass is 268 g/mol. The number of nitrogens with zero attached hydrogens (tertiary/aromatic N) is 2. The van der Waals surface area contributed by atoms with E-state index in [0.29, 0.717) is 5.91 Å². The molecule has 2 aliphatic rings. The Balaban J connectivity index is 1.67. The molecule has 0 atom stereocenters. The minimum absolute atomic E-state index is 0.379. The zero-order chi connectivity index (χ0) is 13.3. The summed E-state index contributed by atoms with van der Waals surface area (Å²) in [5.41, 5.74) is 0. The van der Waals surface area contributed by atoms with Crippen LogP contribution in [0.15, 0.2) is 0 Å². The maximum atomic E-state index is 12.1. The van der Waals surface area contributed by atoms with Gasteiger partial charge in [-0.3, -0.25) is 9.69 Å². The van der Waals surface area contributed by atoms with Crippen LogP contribution in [0.25, 0.3) is 0 Å². The second kappa shape index (κ2) is 8.54. The molecule has 0 saturated carbocycles. The standard InChI is InChI=1S/C15H28N2O2/c18-15-7-4-2-1-3-5-9-17(15)10-6-8-16-11-13-19-14-12-16/h1-14H2. The number of morpholine rings is 1. The number of ether oxygens (including phenoxy) is 1. The second-order valence-corrected chi connectivity index (χ2v) is 5.71. The first kappa shape index (κ1) is 14.8. The van der Waals surface area contributed by atoms with Crippen LogP contribution >= 0.6 is 0 Å². The molecule has 0 aromatic heterocycles. The number of amides is 1. The molecular formula is C15H28N2O2. The van der Waals surface area contributed by atoms with Crippen molar-refractivity contribution >= 4 is 5.91 Å². The number of hydrogen-bond acceptors (Lipinski definition) is 3. The lowest BCUT2D eigenvalue weighted by Gasteiger charge is -2.28. The van der Waals surface area contributed by atoms with Gasteiger partial charge < -0.3 is 9.64 Å². The van der Waals surface area contributed by atoms with Crippen molar-refractivity contribution in [3.8, 4) is 0 Å². The van der Waals surface area contributed by atoms with Gasteiger partial charge in [-0.15, -0.1) is 0 Å². The van der Waals surface area contributed by atoms with Crippen molar-refractivity contribution in [3.63, 3.8) is 0 Å². The molecule has 2 saturated heterocycles. The highest BCUT2D eigenvalue weighted by atomic mass is 16.5. The van der Waals surface area contributed by atoms with Crippen molar-refractivity contribution in [3.05, 3.63) is 0 Å². The van der Waals surface area contributed by atoms with E-state index in [0.717, 1.165) is 65.2 Å². The molecule has 1 amide bonds. The van der Waals surface area contributed by atoms with E-state index in [4.69, 9.17) is 4.74 Å². The van der Waals surface area contributed by atoms with Crippen molar-refractivity contribution in [1.82, 2.24) is 9.80 Å². The summed E-state index contributed by atoms with van der Waals surface area (Å²) in [6.07, 6.45) is 7.95. The fourth-order valence-electron chi connectivity index (χ4n) is 2.94. The highest BCUT2D eigenvalue weighted by Gasteiger charge is 2.15. The lowest BCUT2D eigenvalue weighted by molar-refractivity contribution is -0.131. The average molecular weight is 268 g/mol. The van der Waals surface area contributed by atoms with Crippen LogP contribution in [0.2, 0.25) is 0 Å². The molecule has 2 aliphatic heterocycles. The Morgan fingerprint density at radius 3 is 2.47 bits per heavy atom. The van der Waals surface area contributed by atoms with Crippen molar-refractivity contribution in [2.24, 2.45) is 0 Å². The molecule has 0 aliphatic carbocycles. The Hall–Kier alpha value is -0.610. The van der Waals surface area contributed by atoms with Crippen LogP contribution in [0.4, 0.5) is 0 Å². The van der Waals surface area contributed by atoms with Crippen molar-refractivity contribution in [2.45, 2.75) is 44.9 Å². The number of hydrogen-bond donors (Lipinski definition) is 0. The molecule has 4 nitrogen and oxygen atoms in total. The third kappa shape index (κ3) is 5.49. The van der Waals surface area contributed by atoms with E-state index in [2.05, 4.69) is 9.80 Å². The first-order chi connectivity index (χ1) is 9.36. The average Bonchev–Trinajstić information content (AvgIpc) is 2.54. The first-order valence-corrected chi connectivity index (χ1v) is 7.94. The molecule has 0 aromatic rings. The summed E-state index contributed by atoms with van der Waals surface area (Å²) in [5, 5.41) is 0. The van der Waals surface area contributed by atoms with Gasteiger partial charge in [0, 0.05) is 39.1 Å². The van der Waals surface area contributed by atoms with E-state index in [9.17, 15) is 4.79 Å². The summed E-state index contributed by atoms with van der Waals surface area (Å²) in [4.78, 5) is 16.6. The molecule has 0 unspecified atom stereocenters. The molecule has 0 bridgehead atoms. The van der Waals surface area contributed by atoms with E-state index in [1.807, 2.05) is 0 Å². The molecule has 19 heavy (non-hydrogen) atoms. The third-order valence-corrected chi connectivity index (χ3v) is 4.18. The quantitative estimate of drug-likeness (QED) is 0.780. The van der Waals surface area contributed by atoms with Crippen LogP contribution in [0.1, 0.15) is 44.9 Å². The number of rotatable bonds is 4. The molecule has 4 heteroatoms. The van der Waals surface area contributed by atoms with Gasteiger partial charge in [-0.25, -0.2) is 0 Å². The smallest absolute Gasteiger partial charge is 0.222 e. The van der Waals surface area contributed by atoms with Gasteiger partial charge in [0.15, 0.2) is 0 Å². The van der Waals surface area contributed by atoms with E-state index in [1.165, 1.54) is 25.7 Å². The summed E-state index contributed by atoms with van der Waals surface area (Å²) < 4.78 is 5.35. The largest absolute Gasteiger partial charge is 0.379 e. The molecule has 110 valence electrons. The van der Waals surface area contributed by atoms with Crippen molar-refractivity contribution in [2.75, 3.05) is 45.9 Å². The van der Waals surface area contributed by atoms with Crippen LogP contribution in [0.3, 0.4) is 0 Å². The van der Waals surface area contributed by atoms with Gasteiger partial charge in [0.25, 0.3) is 0 Å². The zero-order valence-corrected chi connectivity index (χ0v) is 12.1. The van der Waals surface area contributed by atoms with Gasteiger partial charge in [0.1, 0.15) is 0 Å². The fourth-order valence-corrected chi connectivity index (χ4v) is 2.94. The lowest BCUT2D eigenvalue weighted by Crippen LogP contribution is -2.39. The van der Waals surface area contributed by atoms with Gasteiger partial charge in [0.05, 0.1) is 13.2 Å². The highest BCUT2D eigenvalue weighted by molar-refractivity contribution is 5.76. The van der Waals surface area contributed by atoms with E-state index >= 15 is 0 Å². The summed E-state index contributed by atoms with van der Waals surface area (Å²) in [6, 6.07) is 0. The molecular weight excluding hydrogens is 240 g/mol. The first-order valence-electron chi connectivity index (χ1n) is 7.94. The van der Waals surface area contributed by atoms with Gasteiger partial charge >= 0.3 is 0 Å². The maximum absolute atomic E-state index is 12.1. The normalized spacial score (nSPS) is 23.8. The molecule has 0 N–H and O–H groups in total. The van der Waals surface area contributed by atoms with E-state index in [-0.39, 0.29) is 0 Å². The minimum atomic E-state index is 0.379. The molecule has 2 fully saturated rings. The molecule has 0 aromatic carbocycles. The van der Waals surface area contributed by atoms with Crippen LogP contribution in [0.5, 0.6) is 0 Å². The fraction of sp³-hybridized carbons (Fsp3) is 0.933. The Morgan fingerprint density at radius 1 is 0.895 bits per heavy atom. The second-order valence-electron chi connectivity index (χ2n) is 5.71. The summed E-state index contributed by atoms with van der Waals surface area (Å²) in [7, 11) is 0. The molecule has 0 spiro atoms. The molecule has 2 rings (SSSR count). The maximum Gasteiger partial charge on any atom is 0.222 e. The van der Waals surface area contributed by atoms with Crippen LogP contribution < -0.4 is 0 Å². The lowest BCUT2D eigenvalue weighted by atomic mass is 10.1. The van der Waals surface area contributed by atoms with Crippen LogP contribution in [-0.2, 0) is 9.53 Å². The van der Waals surface area contributed by atoms with Crippen LogP contribution in [0, 0.1) is 0 Å². The summed E-state index contributed by atoms with van der Waals surface area (Å²) in [5.74, 6) is 0.379.